The predicted molar refractivity (Wildman–Crippen MR) is 167 cm³/mol. The summed E-state index contributed by atoms with van der Waals surface area (Å²) in [5.74, 6) is 1.97. The number of aryl methyl sites for hydroxylation is 3. The molecule has 1 aliphatic rings. The van der Waals surface area contributed by atoms with Crippen LogP contribution in [0.1, 0.15) is 17.7 Å². The third-order valence-corrected chi connectivity index (χ3v) is 7.48. The molecule has 6 rings (SSSR count). The maximum absolute atomic E-state index is 13.1. The van der Waals surface area contributed by atoms with E-state index in [1.54, 1.807) is 23.3 Å². The molecule has 1 aliphatic heterocycles. The average Bonchev–Trinajstić information content (AvgIpc) is 3.72. The van der Waals surface area contributed by atoms with Crippen molar-refractivity contribution in [2.45, 2.75) is 26.4 Å². The van der Waals surface area contributed by atoms with Gasteiger partial charge in [-0.25, -0.2) is 9.97 Å². The Balaban J connectivity index is 1.10. The van der Waals surface area contributed by atoms with Crippen molar-refractivity contribution >= 4 is 40.1 Å². The smallest absolute Gasteiger partial charge is 0.238 e. The lowest BCUT2D eigenvalue weighted by Crippen LogP contribution is -2.33. The maximum atomic E-state index is 13.1. The summed E-state index contributed by atoms with van der Waals surface area (Å²) >= 11 is 0. The Kier molecular flexibility index (Phi) is 8.34. The molecular formula is C30H35N11O3. The van der Waals surface area contributed by atoms with Crippen LogP contribution in [0, 0.1) is 13.8 Å². The van der Waals surface area contributed by atoms with Gasteiger partial charge in [0.15, 0.2) is 5.82 Å². The molecule has 1 atom stereocenters. The number of fused-ring (bicyclic) bond motifs is 1. The third kappa shape index (κ3) is 6.45. The zero-order valence-electron chi connectivity index (χ0n) is 24.8. The molecule has 14 heteroatoms. The predicted octanol–water partition coefficient (Wildman–Crippen LogP) is 3.00. The molecule has 0 unspecified atom stereocenters. The summed E-state index contributed by atoms with van der Waals surface area (Å²) in [5, 5.41) is 23.6. The van der Waals surface area contributed by atoms with Gasteiger partial charge in [0.1, 0.15) is 11.9 Å². The molecule has 0 bridgehead atoms. The number of aromatic nitrogens is 7. The first-order valence-corrected chi connectivity index (χ1v) is 14.4. The van der Waals surface area contributed by atoms with Gasteiger partial charge in [0.25, 0.3) is 0 Å². The van der Waals surface area contributed by atoms with Crippen LogP contribution >= 0.6 is 0 Å². The Morgan fingerprint density at radius 2 is 2.07 bits per heavy atom. The van der Waals surface area contributed by atoms with Gasteiger partial charge in [0, 0.05) is 61.8 Å². The van der Waals surface area contributed by atoms with E-state index in [2.05, 4.69) is 45.9 Å². The summed E-state index contributed by atoms with van der Waals surface area (Å²) in [5.41, 5.74) is 5.16. The summed E-state index contributed by atoms with van der Waals surface area (Å²) in [6.07, 6.45) is 7.51. The van der Waals surface area contributed by atoms with Crippen LogP contribution in [0.3, 0.4) is 0 Å². The highest BCUT2D eigenvalue weighted by molar-refractivity contribution is 6.06. The van der Waals surface area contributed by atoms with Gasteiger partial charge in [-0.2, -0.15) is 10.1 Å². The second kappa shape index (κ2) is 12.7. The molecule has 5 heterocycles. The first-order valence-electron chi connectivity index (χ1n) is 14.4. The van der Waals surface area contributed by atoms with Crippen molar-refractivity contribution in [3.8, 4) is 17.1 Å². The first kappa shape index (κ1) is 29.0. The zero-order chi connectivity index (χ0) is 30.6. The topological polar surface area (TPSA) is 171 Å². The maximum Gasteiger partial charge on any atom is 0.238 e. The van der Waals surface area contributed by atoms with E-state index in [1.807, 2.05) is 51.4 Å². The highest BCUT2D eigenvalue weighted by Crippen LogP contribution is 2.33. The Labute approximate surface area is 253 Å². The number of nitrogens with one attached hydrogen (secondary N) is 4. The summed E-state index contributed by atoms with van der Waals surface area (Å²) < 4.78 is 7.80. The summed E-state index contributed by atoms with van der Waals surface area (Å²) in [4.78, 5) is 36.3. The van der Waals surface area contributed by atoms with Crippen LogP contribution in [-0.4, -0.2) is 89.5 Å². The number of nitrogens with zero attached hydrogens (tertiary/aromatic N) is 7. The fourth-order valence-electron chi connectivity index (χ4n) is 5.24. The van der Waals surface area contributed by atoms with Crippen molar-refractivity contribution < 1.29 is 14.6 Å². The fourth-order valence-corrected chi connectivity index (χ4v) is 5.24. The molecule has 0 radical (unpaired) electrons. The molecule has 0 aliphatic carbocycles. The van der Waals surface area contributed by atoms with Gasteiger partial charge in [0.2, 0.25) is 17.7 Å². The van der Waals surface area contributed by atoms with Crippen molar-refractivity contribution in [2.75, 3.05) is 48.7 Å². The fraction of sp³-hybridized carbons (Fsp3) is 0.333. The van der Waals surface area contributed by atoms with E-state index in [0.717, 1.165) is 46.4 Å². The van der Waals surface area contributed by atoms with Crippen LogP contribution in [0.5, 0.6) is 5.88 Å². The Morgan fingerprint density at radius 3 is 2.89 bits per heavy atom. The lowest BCUT2D eigenvalue weighted by molar-refractivity contribution is -0.117. The van der Waals surface area contributed by atoms with E-state index in [1.165, 1.54) is 0 Å². The number of hydrogen-bond acceptors (Lipinski definition) is 11. The molecular weight excluding hydrogens is 562 g/mol. The number of hydrogen-bond donors (Lipinski definition) is 5. The third-order valence-electron chi connectivity index (χ3n) is 7.48. The van der Waals surface area contributed by atoms with Gasteiger partial charge >= 0.3 is 0 Å². The second-order valence-electron chi connectivity index (χ2n) is 10.8. The number of aliphatic hydroxyl groups is 1. The number of para-hydroxylation sites is 1. The Morgan fingerprint density at radius 1 is 1.18 bits per heavy atom. The monoisotopic (exact) mass is 597 g/mol. The van der Waals surface area contributed by atoms with E-state index >= 15 is 0 Å². The zero-order valence-corrected chi connectivity index (χ0v) is 24.8. The lowest BCUT2D eigenvalue weighted by Gasteiger charge is -2.16. The molecule has 5 N–H and O–H groups in total. The highest BCUT2D eigenvalue weighted by atomic mass is 16.5. The molecule has 5 aromatic rings. The SMILES string of the molecule is Cc1cnc(Nc2cc(C)n(C)n2)nc1-c1c[nH]c2c(NC(=O)CN3CC[C@H](Oc4cncc(NCCO)n4)C3)cccc12. The summed E-state index contributed by atoms with van der Waals surface area (Å²) in [6.45, 7) is 5.90. The number of likely N-dealkylation sites (tertiary alicyclic amines) is 1. The molecule has 1 aromatic carbocycles. The minimum atomic E-state index is -0.111. The van der Waals surface area contributed by atoms with Crippen LogP contribution in [0.4, 0.5) is 23.3 Å². The van der Waals surface area contributed by atoms with E-state index < -0.39 is 0 Å². The van der Waals surface area contributed by atoms with E-state index in [0.29, 0.717) is 42.2 Å². The number of amides is 1. The minimum Gasteiger partial charge on any atom is -0.472 e. The normalized spacial score (nSPS) is 15.0. The van der Waals surface area contributed by atoms with Crippen molar-refractivity contribution in [3.05, 3.63) is 60.3 Å². The molecule has 0 spiro atoms. The number of aromatic amines is 1. The molecule has 1 fully saturated rings. The lowest BCUT2D eigenvalue weighted by atomic mass is 10.1. The number of aliphatic hydroxyl groups excluding tert-OH is 1. The number of H-pyrrole nitrogens is 1. The molecule has 228 valence electrons. The summed E-state index contributed by atoms with van der Waals surface area (Å²) in [6, 6.07) is 7.75. The Bertz CT molecular complexity index is 1760. The number of rotatable bonds is 11. The number of ether oxygens (including phenoxy) is 1. The van der Waals surface area contributed by atoms with Crippen LogP contribution in [0.15, 0.2) is 49.1 Å². The largest absolute Gasteiger partial charge is 0.472 e. The molecule has 14 nitrogen and oxygen atoms in total. The standard InChI is InChI=1S/C30H35N11O3/c1-18-12-34-30(37-24-11-19(2)40(3)39-24)38-28(18)22-13-33-29-21(22)5-4-6-23(29)35-26(43)17-41-9-7-20(16-41)44-27-15-31-14-25(36-27)32-8-10-42/h4-6,11-15,20,33,42H,7-10,16-17H2,1-3H3,(H,32,36)(H,35,43)(H,34,37,38,39)/t20-/m0/s1. The van der Waals surface area contributed by atoms with Crippen molar-refractivity contribution in [3.63, 3.8) is 0 Å². The van der Waals surface area contributed by atoms with Crippen LogP contribution in [-0.2, 0) is 11.8 Å². The number of anilines is 4. The molecule has 0 saturated carbocycles. The van der Waals surface area contributed by atoms with Gasteiger partial charge in [-0.1, -0.05) is 12.1 Å². The number of carbonyl (C=O) groups is 1. The van der Waals surface area contributed by atoms with Gasteiger partial charge in [-0.15, -0.1) is 0 Å². The van der Waals surface area contributed by atoms with Crippen LogP contribution in [0.2, 0.25) is 0 Å². The van der Waals surface area contributed by atoms with Gasteiger partial charge in [-0.3, -0.25) is 19.4 Å². The quantitative estimate of drug-likeness (QED) is 0.152. The summed E-state index contributed by atoms with van der Waals surface area (Å²) in [7, 11) is 1.89. The second-order valence-corrected chi connectivity index (χ2v) is 10.8. The van der Waals surface area contributed by atoms with E-state index in [9.17, 15) is 4.79 Å². The molecule has 1 saturated heterocycles. The Hall–Kier alpha value is -5.08. The van der Waals surface area contributed by atoms with Gasteiger partial charge < -0.3 is 30.8 Å². The highest BCUT2D eigenvalue weighted by Gasteiger charge is 2.26. The van der Waals surface area contributed by atoms with Crippen molar-refractivity contribution in [1.29, 1.82) is 0 Å². The first-order chi connectivity index (χ1) is 21.4. The molecule has 4 aromatic heterocycles. The van der Waals surface area contributed by atoms with Gasteiger partial charge in [0.05, 0.1) is 42.4 Å². The number of benzene rings is 1. The number of carbonyl (C=O) groups excluding carboxylic acids is 1. The molecule has 1 amide bonds. The van der Waals surface area contributed by atoms with Gasteiger partial charge in [-0.05, 0) is 31.9 Å². The van der Waals surface area contributed by atoms with Crippen molar-refractivity contribution in [2.24, 2.45) is 7.05 Å². The average molecular weight is 598 g/mol. The minimum absolute atomic E-state index is 0.000819. The van der Waals surface area contributed by atoms with Crippen molar-refractivity contribution in [1.82, 2.24) is 39.6 Å². The van der Waals surface area contributed by atoms with Crippen LogP contribution in [0.25, 0.3) is 22.2 Å². The van der Waals surface area contributed by atoms with E-state index in [-0.39, 0.29) is 25.2 Å². The molecule has 44 heavy (non-hydrogen) atoms. The van der Waals surface area contributed by atoms with Crippen LogP contribution < -0.4 is 20.7 Å². The van der Waals surface area contributed by atoms with E-state index in [4.69, 9.17) is 14.8 Å².